The first-order chi connectivity index (χ1) is 9.97. The van der Waals surface area contributed by atoms with Crippen LogP contribution in [0.15, 0.2) is 24.3 Å². The van der Waals surface area contributed by atoms with E-state index in [1.165, 1.54) is 6.07 Å². The van der Waals surface area contributed by atoms with Gasteiger partial charge in [-0.1, -0.05) is 12.1 Å². The highest BCUT2D eigenvalue weighted by atomic mass is 16.6. The monoisotopic (exact) mass is 293 g/mol. The molecule has 0 aliphatic heterocycles. The summed E-state index contributed by atoms with van der Waals surface area (Å²) >= 11 is 0. The number of nitro benzene ring substituents is 1. The largest absolute Gasteiger partial charge is 0.396 e. The molecule has 0 atom stereocenters. The molecule has 0 bridgehead atoms. The van der Waals surface area contributed by atoms with Gasteiger partial charge < -0.3 is 15.3 Å². The molecular weight excluding hydrogens is 274 g/mol. The zero-order valence-corrected chi connectivity index (χ0v) is 11.9. The van der Waals surface area contributed by atoms with Crippen molar-refractivity contribution in [3.05, 3.63) is 34.4 Å². The lowest BCUT2D eigenvalue weighted by Gasteiger charge is -2.19. The van der Waals surface area contributed by atoms with Gasteiger partial charge in [-0.05, 0) is 18.9 Å². The van der Waals surface area contributed by atoms with E-state index >= 15 is 0 Å². The smallest absolute Gasteiger partial charge is 0.292 e. The third-order valence-corrected chi connectivity index (χ3v) is 3.82. The van der Waals surface area contributed by atoms with Gasteiger partial charge in [0.2, 0.25) is 5.91 Å². The van der Waals surface area contributed by atoms with Crippen LogP contribution in [0, 0.1) is 15.5 Å². The highest BCUT2D eigenvalue weighted by Gasteiger charge is 2.42. The number of hydrogen-bond donors (Lipinski definition) is 2. The number of likely N-dealkylation sites (N-methyl/N-ethyl adjacent to an activating group) is 1. The summed E-state index contributed by atoms with van der Waals surface area (Å²) in [6.45, 7) is 0.562. The molecule has 1 aromatic rings. The lowest BCUT2D eigenvalue weighted by molar-refractivity contribution is -0.384. The van der Waals surface area contributed by atoms with Crippen LogP contribution in [0.1, 0.15) is 12.8 Å². The molecule has 1 fully saturated rings. The predicted molar refractivity (Wildman–Crippen MR) is 78.1 cm³/mol. The number of aliphatic hydroxyl groups is 1. The second kappa shape index (κ2) is 6.09. The molecule has 21 heavy (non-hydrogen) atoms. The number of carbonyl (C=O) groups excluding carboxylic acids is 1. The van der Waals surface area contributed by atoms with Crippen molar-refractivity contribution in [2.75, 3.05) is 31.6 Å². The van der Waals surface area contributed by atoms with E-state index in [-0.39, 0.29) is 30.2 Å². The van der Waals surface area contributed by atoms with Crippen LogP contribution in [0.5, 0.6) is 0 Å². The molecule has 0 radical (unpaired) electrons. The van der Waals surface area contributed by atoms with Crippen molar-refractivity contribution in [1.82, 2.24) is 5.32 Å². The van der Waals surface area contributed by atoms with Gasteiger partial charge in [0.05, 0.1) is 18.1 Å². The van der Waals surface area contributed by atoms with Crippen LogP contribution < -0.4 is 10.2 Å². The zero-order chi connectivity index (χ0) is 15.5. The second-order valence-electron chi connectivity index (χ2n) is 5.54. The summed E-state index contributed by atoms with van der Waals surface area (Å²) in [5.74, 6) is -0.213. The summed E-state index contributed by atoms with van der Waals surface area (Å²) in [7, 11) is 1.64. The topological polar surface area (TPSA) is 95.7 Å². The minimum atomic E-state index is -0.464. The van der Waals surface area contributed by atoms with Gasteiger partial charge in [-0.25, -0.2) is 0 Å². The van der Waals surface area contributed by atoms with Gasteiger partial charge >= 0.3 is 0 Å². The number of rotatable bonds is 7. The van der Waals surface area contributed by atoms with Gasteiger partial charge in [-0.15, -0.1) is 0 Å². The van der Waals surface area contributed by atoms with Crippen LogP contribution in [0.25, 0.3) is 0 Å². The molecular formula is C14H19N3O4. The van der Waals surface area contributed by atoms with Crippen molar-refractivity contribution in [3.8, 4) is 0 Å². The third kappa shape index (κ3) is 3.69. The van der Waals surface area contributed by atoms with E-state index in [9.17, 15) is 20.0 Å². The van der Waals surface area contributed by atoms with Crippen molar-refractivity contribution in [3.63, 3.8) is 0 Å². The molecule has 114 valence electrons. The normalized spacial score (nSPS) is 15.3. The number of amides is 1. The Balaban J connectivity index is 1.93. The van der Waals surface area contributed by atoms with Crippen molar-refractivity contribution in [1.29, 1.82) is 0 Å². The van der Waals surface area contributed by atoms with Crippen LogP contribution >= 0.6 is 0 Å². The van der Waals surface area contributed by atoms with E-state index in [1.54, 1.807) is 30.1 Å². The molecule has 1 aliphatic rings. The fourth-order valence-electron chi connectivity index (χ4n) is 2.15. The van der Waals surface area contributed by atoms with Crippen molar-refractivity contribution in [2.24, 2.45) is 5.41 Å². The van der Waals surface area contributed by atoms with Gasteiger partial charge in [0.15, 0.2) is 0 Å². The fraction of sp³-hybridized carbons (Fsp3) is 0.500. The van der Waals surface area contributed by atoms with Crippen LogP contribution in [0.3, 0.4) is 0 Å². The van der Waals surface area contributed by atoms with Crippen molar-refractivity contribution >= 4 is 17.3 Å². The number of hydrogen-bond acceptors (Lipinski definition) is 5. The van der Waals surface area contributed by atoms with E-state index in [0.717, 1.165) is 12.8 Å². The molecule has 1 saturated carbocycles. The molecule has 1 aliphatic carbocycles. The molecule has 0 aromatic heterocycles. The number of carbonyl (C=O) groups is 1. The first-order valence-corrected chi connectivity index (χ1v) is 6.79. The van der Waals surface area contributed by atoms with Gasteiger partial charge in [0, 0.05) is 25.1 Å². The van der Waals surface area contributed by atoms with Crippen LogP contribution in [0.4, 0.5) is 11.4 Å². The molecule has 7 nitrogen and oxygen atoms in total. The summed E-state index contributed by atoms with van der Waals surface area (Å²) in [6.07, 6.45) is 1.84. The average Bonchev–Trinajstić information content (AvgIpc) is 3.25. The van der Waals surface area contributed by atoms with Crippen LogP contribution in [-0.2, 0) is 4.79 Å². The van der Waals surface area contributed by atoms with Gasteiger partial charge in [-0.3, -0.25) is 14.9 Å². The fourth-order valence-corrected chi connectivity index (χ4v) is 2.15. The maximum Gasteiger partial charge on any atom is 0.292 e. The van der Waals surface area contributed by atoms with E-state index in [0.29, 0.717) is 12.2 Å². The number of anilines is 1. The predicted octanol–water partition coefficient (Wildman–Crippen LogP) is 0.920. The Morgan fingerprint density at radius 3 is 2.71 bits per heavy atom. The summed E-state index contributed by atoms with van der Waals surface area (Å²) in [5.41, 5.74) is 0.232. The number of benzene rings is 1. The maximum atomic E-state index is 11.9. The highest BCUT2D eigenvalue weighted by Crippen LogP contribution is 2.44. The minimum Gasteiger partial charge on any atom is -0.396 e. The molecule has 0 unspecified atom stereocenters. The summed E-state index contributed by atoms with van der Waals surface area (Å²) in [4.78, 5) is 23.9. The second-order valence-corrected chi connectivity index (χ2v) is 5.54. The van der Waals surface area contributed by atoms with Crippen LogP contribution in [0.2, 0.25) is 0 Å². The maximum absolute atomic E-state index is 11.9. The standard InChI is InChI=1S/C14H19N3O4/c1-16(11-4-2-3-5-12(11)17(20)21)8-13(19)15-9-14(10-18)6-7-14/h2-5,18H,6-10H2,1H3,(H,15,19). The van der Waals surface area contributed by atoms with E-state index in [2.05, 4.69) is 5.32 Å². The molecule has 0 saturated heterocycles. The number of nitrogens with zero attached hydrogens (tertiary/aromatic N) is 2. The van der Waals surface area contributed by atoms with Crippen molar-refractivity contribution < 1.29 is 14.8 Å². The number of aliphatic hydroxyl groups excluding tert-OH is 1. The van der Waals surface area contributed by atoms with E-state index in [4.69, 9.17) is 0 Å². The number of para-hydroxylation sites is 2. The Labute approximate surface area is 122 Å². The Morgan fingerprint density at radius 2 is 2.14 bits per heavy atom. The van der Waals surface area contributed by atoms with Gasteiger partial charge in [-0.2, -0.15) is 0 Å². The van der Waals surface area contributed by atoms with Gasteiger partial charge in [0.1, 0.15) is 5.69 Å². The van der Waals surface area contributed by atoms with Crippen LogP contribution in [-0.4, -0.2) is 42.7 Å². The van der Waals surface area contributed by atoms with Crippen molar-refractivity contribution in [2.45, 2.75) is 12.8 Å². The summed E-state index contributed by atoms with van der Waals surface area (Å²) in [5, 5.41) is 22.9. The Bertz CT molecular complexity index is 543. The third-order valence-electron chi connectivity index (χ3n) is 3.82. The molecule has 1 aromatic carbocycles. The highest BCUT2D eigenvalue weighted by molar-refractivity contribution is 5.82. The molecule has 7 heteroatoms. The minimum absolute atomic E-state index is 0.0261. The number of nitrogens with one attached hydrogen (secondary N) is 1. The molecule has 0 heterocycles. The van der Waals surface area contributed by atoms with E-state index in [1.807, 2.05) is 0 Å². The Kier molecular flexibility index (Phi) is 4.42. The number of nitro groups is 1. The lowest BCUT2D eigenvalue weighted by atomic mass is 10.1. The zero-order valence-electron chi connectivity index (χ0n) is 11.9. The quantitative estimate of drug-likeness (QED) is 0.575. The summed E-state index contributed by atoms with van der Waals surface area (Å²) in [6, 6.07) is 6.31. The molecule has 0 spiro atoms. The molecule has 2 rings (SSSR count). The average molecular weight is 293 g/mol. The Morgan fingerprint density at radius 1 is 1.48 bits per heavy atom. The van der Waals surface area contributed by atoms with E-state index < -0.39 is 4.92 Å². The first kappa shape index (κ1) is 15.2. The summed E-state index contributed by atoms with van der Waals surface area (Å²) < 4.78 is 0. The molecule has 1 amide bonds. The van der Waals surface area contributed by atoms with Gasteiger partial charge in [0.25, 0.3) is 5.69 Å². The first-order valence-electron chi connectivity index (χ1n) is 6.79. The Hall–Kier alpha value is -2.15. The lowest BCUT2D eigenvalue weighted by Crippen LogP contribution is -2.39. The molecule has 2 N–H and O–H groups in total. The SMILES string of the molecule is CN(CC(=O)NCC1(CO)CC1)c1ccccc1[N+](=O)[O-].